The molecule has 1 atom stereocenters. The van der Waals surface area contributed by atoms with Crippen LogP contribution in [0.25, 0.3) is 11.0 Å². The van der Waals surface area contributed by atoms with E-state index in [1.165, 1.54) is 12.1 Å². The van der Waals surface area contributed by atoms with E-state index >= 15 is 0 Å². The van der Waals surface area contributed by atoms with Crippen LogP contribution in [0.15, 0.2) is 27.4 Å². The van der Waals surface area contributed by atoms with Crippen LogP contribution >= 0.6 is 0 Å². The summed E-state index contributed by atoms with van der Waals surface area (Å²) in [5, 5.41) is 14.2. The molecule has 1 saturated heterocycles. The molecule has 1 aromatic heterocycles. The van der Waals surface area contributed by atoms with E-state index < -0.39 is 5.63 Å². The maximum Gasteiger partial charge on any atom is 0.336 e. The lowest BCUT2D eigenvalue weighted by molar-refractivity contribution is 0.0166. The molecule has 0 unspecified atom stereocenters. The molecule has 6 nitrogen and oxygen atoms in total. The third kappa shape index (κ3) is 4.84. The second kappa shape index (κ2) is 9.16. The van der Waals surface area contributed by atoms with Crippen LogP contribution < -0.4 is 10.9 Å². The molecule has 0 amide bonds. The normalized spacial score (nSPS) is 17.2. The summed E-state index contributed by atoms with van der Waals surface area (Å²) in [7, 11) is 0. The van der Waals surface area contributed by atoms with Crippen molar-refractivity contribution in [2.75, 3.05) is 26.4 Å². The highest BCUT2D eigenvalue weighted by molar-refractivity contribution is 5.82. The van der Waals surface area contributed by atoms with E-state index in [2.05, 4.69) is 5.32 Å². The van der Waals surface area contributed by atoms with Gasteiger partial charge in [-0.1, -0.05) is 6.92 Å². The quantitative estimate of drug-likeness (QED) is 0.528. The molecule has 0 bridgehead atoms. The first kappa shape index (κ1) is 18.9. The molecule has 2 heterocycles. The predicted molar refractivity (Wildman–Crippen MR) is 99.6 cm³/mol. The van der Waals surface area contributed by atoms with Crippen LogP contribution in [0.2, 0.25) is 0 Å². The monoisotopic (exact) mass is 361 g/mol. The molecular formula is C20H27NO5. The molecule has 1 aromatic carbocycles. The van der Waals surface area contributed by atoms with Crippen LogP contribution in [0.4, 0.5) is 0 Å². The van der Waals surface area contributed by atoms with Crippen LogP contribution in [0.3, 0.4) is 0 Å². The molecule has 1 fully saturated rings. The first-order valence-electron chi connectivity index (χ1n) is 9.36. The van der Waals surface area contributed by atoms with E-state index in [9.17, 15) is 9.90 Å². The number of fused-ring (bicyclic) bond motifs is 1. The second-order valence-electron chi connectivity index (χ2n) is 6.66. The Balaban J connectivity index is 1.50. The van der Waals surface area contributed by atoms with Gasteiger partial charge in [-0.25, -0.2) is 4.79 Å². The van der Waals surface area contributed by atoms with E-state index in [0.29, 0.717) is 25.3 Å². The Morgan fingerprint density at radius 3 is 2.96 bits per heavy atom. The Hall–Kier alpha value is -1.89. The largest absolute Gasteiger partial charge is 0.508 e. The lowest BCUT2D eigenvalue weighted by atomic mass is 10.0. The molecule has 2 N–H and O–H groups in total. The Kier molecular flexibility index (Phi) is 6.66. The summed E-state index contributed by atoms with van der Waals surface area (Å²) in [6, 6.07) is 4.94. The predicted octanol–water partition coefficient (Wildman–Crippen LogP) is 2.74. The Morgan fingerprint density at radius 2 is 2.19 bits per heavy atom. The summed E-state index contributed by atoms with van der Waals surface area (Å²) in [5.41, 5.74) is 1.74. The van der Waals surface area contributed by atoms with Crippen molar-refractivity contribution in [1.82, 2.24) is 5.32 Å². The van der Waals surface area contributed by atoms with Gasteiger partial charge in [0.1, 0.15) is 11.3 Å². The third-order valence-electron chi connectivity index (χ3n) is 4.70. The molecule has 0 spiro atoms. The highest BCUT2D eigenvalue weighted by Gasteiger charge is 2.15. The number of aryl methyl sites for hydroxylation is 1. The molecule has 1 aliphatic rings. The number of rotatable bonds is 9. The van der Waals surface area contributed by atoms with Crippen LogP contribution in [0.1, 0.15) is 37.3 Å². The van der Waals surface area contributed by atoms with Gasteiger partial charge < -0.3 is 24.3 Å². The van der Waals surface area contributed by atoms with Crippen molar-refractivity contribution in [3.63, 3.8) is 0 Å². The number of phenolic OH excluding ortho intramolecular Hbond substituents is 1. The maximum absolute atomic E-state index is 11.8. The maximum atomic E-state index is 11.8. The SMILES string of the molecule is CCc1cc2c(CNCCCOC[C@@H]3CCCO3)cc(=O)oc2cc1O. The van der Waals surface area contributed by atoms with Crippen molar-refractivity contribution < 1.29 is 19.0 Å². The molecule has 3 rings (SSSR count). The first-order valence-corrected chi connectivity index (χ1v) is 9.36. The standard InChI is InChI=1S/C20H27NO5/c1-2-14-9-17-15(10-20(23)26-19(17)11-18(14)22)12-21-6-4-7-24-13-16-5-3-8-25-16/h9-11,16,21-22H,2-8,12-13H2,1H3/t16-/m0/s1. The third-order valence-corrected chi connectivity index (χ3v) is 4.70. The minimum absolute atomic E-state index is 0.164. The van der Waals surface area contributed by atoms with Gasteiger partial charge in [-0.15, -0.1) is 0 Å². The molecule has 2 aromatic rings. The molecule has 0 aliphatic carbocycles. The van der Waals surface area contributed by atoms with Gasteiger partial charge in [0.2, 0.25) is 0 Å². The molecule has 0 radical (unpaired) electrons. The van der Waals surface area contributed by atoms with Crippen LogP contribution in [-0.4, -0.2) is 37.6 Å². The van der Waals surface area contributed by atoms with Crippen molar-refractivity contribution in [2.24, 2.45) is 0 Å². The smallest absolute Gasteiger partial charge is 0.336 e. The summed E-state index contributed by atoms with van der Waals surface area (Å²) in [4.78, 5) is 11.8. The number of nitrogens with one attached hydrogen (secondary N) is 1. The topological polar surface area (TPSA) is 80.9 Å². The van der Waals surface area contributed by atoms with Crippen molar-refractivity contribution >= 4 is 11.0 Å². The van der Waals surface area contributed by atoms with Crippen LogP contribution in [-0.2, 0) is 22.4 Å². The van der Waals surface area contributed by atoms with Crippen LogP contribution in [0.5, 0.6) is 5.75 Å². The van der Waals surface area contributed by atoms with Gasteiger partial charge >= 0.3 is 5.63 Å². The molecular weight excluding hydrogens is 334 g/mol. The highest BCUT2D eigenvalue weighted by Crippen LogP contribution is 2.26. The minimum atomic E-state index is -0.405. The van der Waals surface area contributed by atoms with Gasteiger partial charge in [0, 0.05) is 37.3 Å². The van der Waals surface area contributed by atoms with Crippen molar-refractivity contribution in [3.8, 4) is 5.75 Å². The summed E-state index contributed by atoms with van der Waals surface area (Å²) < 4.78 is 16.4. The van der Waals surface area contributed by atoms with Gasteiger partial charge in [0.15, 0.2) is 0 Å². The van der Waals surface area contributed by atoms with Gasteiger partial charge in [-0.05, 0) is 49.4 Å². The molecule has 6 heteroatoms. The van der Waals surface area contributed by atoms with Crippen molar-refractivity contribution in [2.45, 2.75) is 45.3 Å². The number of ether oxygens (including phenoxy) is 2. The zero-order valence-corrected chi connectivity index (χ0v) is 15.3. The average molecular weight is 361 g/mol. The Morgan fingerprint density at radius 1 is 1.31 bits per heavy atom. The second-order valence-corrected chi connectivity index (χ2v) is 6.66. The number of benzene rings is 1. The molecule has 0 saturated carbocycles. The van der Waals surface area contributed by atoms with E-state index in [-0.39, 0.29) is 11.9 Å². The summed E-state index contributed by atoms with van der Waals surface area (Å²) in [5.74, 6) is 0.164. The number of aromatic hydroxyl groups is 1. The zero-order valence-electron chi connectivity index (χ0n) is 15.3. The number of phenols is 1. The van der Waals surface area contributed by atoms with Gasteiger partial charge in [-0.2, -0.15) is 0 Å². The number of hydrogen-bond donors (Lipinski definition) is 2. The van der Waals surface area contributed by atoms with Crippen LogP contribution in [0, 0.1) is 0 Å². The summed E-state index contributed by atoms with van der Waals surface area (Å²) in [6.07, 6.45) is 4.11. The zero-order chi connectivity index (χ0) is 18.4. The lowest BCUT2D eigenvalue weighted by Gasteiger charge is -2.11. The molecule has 1 aliphatic heterocycles. The Bertz CT molecular complexity index is 780. The summed E-state index contributed by atoms with van der Waals surface area (Å²) in [6.45, 7) is 5.57. The highest BCUT2D eigenvalue weighted by atomic mass is 16.5. The average Bonchev–Trinajstić information content (AvgIpc) is 3.13. The fraction of sp³-hybridized carbons (Fsp3) is 0.550. The van der Waals surface area contributed by atoms with Gasteiger partial charge in [-0.3, -0.25) is 0 Å². The van der Waals surface area contributed by atoms with Crippen molar-refractivity contribution in [3.05, 3.63) is 39.7 Å². The van der Waals surface area contributed by atoms with E-state index in [1.54, 1.807) is 0 Å². The van der Waals surface area contributed by atoms with E-state index in [1.807, 2.05) is 13.0 Å². The van der Waals surface area contributed by atoms with E-state index in [4.69, 9.17) is 13.9 Å². The summed E-state index contributed by atoms with van der Waals surface area (Å²) >= 11 is 0. The fourth-order valence-electron chi connectivity index (χ4n) is 3.25. The van der Waals surface area contributed by atoms with Gasteiger partial charge in [0.05, 0.1) is 12.7 Å². The van der Waals surface area contributed by atoms with Crippen molar-refractivity contribution in [1.29, 1.82) is 0 Å². The lowest BCUT2D eigenvalue weighted by Crippen LogP contribution is -2.19. The number of hydrogen-bond acceptors (Lipinski definition) is 6. The van der Waals surface area contributed by atoms with Gasteiger partial charge in [0.25, 0.3) is 0 Å². The fourth-order valence-corrected chi connectivity index (χ4v) is 3.25. The minimum Gasteiger partial charge on any atom is -0.508 e. The molecule has 142 valence electrons. The van der Waals surface area contributed by atoms with E-state index in [0.717, 1.165) is 55.3 Å². The first-order chi connectivity index (χ1) is 12.7. The Labute approximate surface area is 153 Å². The molecule has 26 heavy (non-hydrogen) atoms.